The quantitative estimate of drug-likeness (QED) is 0.137. The van der Waals surface area contributed by atoms with Crippen molar-refractivity contribution in [2.24, 2.45) is 5.92 Å². The van der Waals surface area contributed by atoms with Gasteiger partial charge in [-0.3, -0.25) is 4.57 Å². The first-order valence-corrected chi connectivity index (χ1v) is 27.3. The van der Waals surface area contributed by atoms with Gasteiger partial charge in [-0.05, 0) is 151 Å². The van der Waals surface area contributed by atoms with Crippen molar-refractivity contribution in [3.05, 3.63) is 216 Å². The number of rotatable bonds is 10. The smallest absolute Gasteiger partial charge is 0.137 e. The molecule has 2 aromatic heterocycles. The second-order valence-corrected chi connectivity index (χ2v) is 24.7. The number of nitrogens with zero attached hydrogens (tertiary/aromatic N) is 4. The van der Waals surface area contributed by atoms with E-state index < -0.39 is 70.2 Å². The van der Waals surface area contributed by atoms with Gasteiger partial charge in [0.1, 0.15) is 24.0 Å². The summed E-state index contributed by atoms with van der Waals surface area (Å²) in [6, 6.07) is 24.8. The van der Waals surface area contributed by atoms with Crippen LogP contribution in [-0.4, -0.2) is 16.2 Å². The molecule has 0 fully saturated rings. The number of aromatic nitrogens is 2. The van der Waals surface area contributed by atoms with Crippen molar-refractivity contribution in [3.8, 4) is 50.7 Å². The molecule has 12 rings (SSSR count). The molecule has 398 valence electrons. The first-order valence-electron chi connectivity index (χ1n) is 35.3. The fraction of sp³-hybridized carbons (Fsp3) is 0.284. The topological polar surface area (TPSA) is 33.5 Å². The lowest BCUT2D eigenvalue weighted by Gasteiger charge is -2.42. The van der Waals surface area contributed by atoms with E-state index in [4.69, 9.17) is 13.0 Å². The molecule has 0 saturated carbocycles. The van der Waals surface area contributed by atoms with Gasteiger partial charge in [-0.1, -0.05) is 198 Å². The highest BCUT2D eigenvalue weighted by molar-refractivity contribution is 6.09. The minimum Gasteiger partial charge on any atom is -0.457 e. The summed E-state index contributed by atoms with van der Waals surface area (Å²) >= 11 is 0. The SMILES string of the molecule is [2H]c1c([2H])c(-c2c([2H])c([2H])c(C(C)(C)C)c([2H])c2C(C)(C)C)c([2H])c([2H])c1-c1cccc(-c2c([2H])c([2H])c3c(c2[2H])C(C)(C)CCC3(C)C)c1N1CN(c2cccc(Oc3ccc4c5c([2H])c([2H])c([2H])c([2H])c5n(-c5cc(C([2H])([2H])C(C)C)ccn5)c4c3)c2)c2ccccc21. The van der Waals surface area contributed by atoms with Crippen LogP contribution in [0.15, 0.2) is 188 Å². The van der Waals surface area contributed by atoms with E-state index in [2.05, 4.69) is 32.7 Å². The fourth-order valence-electron chi connectivity index (χ4n) is 11.2. The van der Waals surface area contributed by atoms with Crippen molar-refractivity contribution >= 4 is 44.6 Å². The molecule has 8 aromatic carbocycles. The van der Waals surface area contributed by atoms with Gasteiger partial charge in [-0.15, -0.1) is 0 Å². The van der Waals surface area contributed by atoms with Crippen LogP contribution in [0, 0.1) is 5.92 Å². The Morgan fingerprint density at radius 2 is 1.25 bits per heavy atom. The van der Waals surface area contributed by atoms with Gasteiger partial charge >= 0.3 is 0 Å². The third-order valence-electron chi connectivity index (χ3n) is 15.5. The molecule has 2 aliphatic rings. The number of para-hydroxylation sites is 4. The standard InChI is InChI=1S/C74H76N4O/c1-48(2)41-49-37-40-75-69(42-49)78-65-24-14-13-21-60(65)61-35-33-56(46-68(61)78)79-55-20-17-19-54(45-55)76-47-77(67-26-16-15-25-66(67)76)70-58(22-18-23-59(70)52-31-36-62-64(43-52)74(11,12)39-38-73(62,9)10)51-29-27-50(28-30-51)57-34-32-53(71(3,4)5)44-63(57)72(6,7)8/h13-37,40,42-46,48H,38-39,41,47H2,1-12H3/i13D,14D,21D,24D,27D,28D,29D,30D,31D,32D,34D,36D,41D2,43D,44D. The first kappa shape index (κ1) is 36.3. The minimum atomic E-state index is -1.76. The maximum Gasteiger partial charge on any atom is 0.137 e. The van der Waals surface area contributed by atoms with Gasteiger partial charge in [-0.2, -0.15) is 0 Å². The molecule has 0 spiro atoms. The van der Waals surface area contributed by atoms with Crippen molar-refractivity contribution in [1.82, 2.24) is 9.55 Å². The average molecular weight is 1050 g/mol. The van der Waals surface area contributed by atoms with Crippen molar-refractivity contribution in [2.45, 2.75) is 124 Å². The summed E-state index contributed by atoms with van der Waals surface area (Å²) < 4.78 is 160. The van der Waals surface area contributed by atoms with Gasteiger partial charge in [-0.25, -0.2) is 4.98 Å². The van der Waals surface area contributed by atoms with Gasteiger partial charge in [0.25, 0.3) is 0 Å². The minimum absolute atomic E-state index is 0.00130. The Kier molecular flexibility index (Phi) is 8.95. The van der Waals surface area contributed by atoms with Gasteiger partial charge < -0.3 is 14.5 Å². The largest absolute Gasteiger partial charge is 0.457 e. The first-order chi connectivity index (χ1) is 44.3. The zero-order chi connectivity index (χ0) is 69.2. The molecule has 1 aliphatic heterocycles. The summed E-state index contributed by atoms with van der Waals surface area (Å²) in [5, 5.41) is 0.758. The van der Waals surface area contributed by atoms with Crippen LogP contribution in [0.2, 0.25) is 0 Å². The second-order valence-electron chi connectivity index (χ2n) is 24.7. The van der Waals surface area contributed by atoms with Crippen LogP contribution in [0.25, 0.3) is 61.0 Å². The summed E-state index contributed by atoms with van der Waals surface area (Å²) in [5.41, 5.74) is 3.06. The molecule has 3 heterocycles. The van der Waals surface area contributed by atoms with Crippen LogP contribution in [-0.2, 0) is 28.0 Å². The predicted octanol–water partition coefficient (Wildman–Crippen LogP) is 20.4. The van der Waals surface area contributed by atoms with Crippen molar-refractivity contribution in [3.63, 3.8) is 0 Å². The number of ether oxygens (including phenoxy) is 1. The van der Waals surface area contributed by atoms with E-state index in [1.54, 1.807) is 73.0 Å². The van der Waals surface area contributed by atoms with Crippen molar-refractivity contribution in [2.75, 3.05) is 16.5 Å². The third-order valence-corrected chi connectivity index (χ3v) is 15.5. The molecule has 0 bridgehead atoms. The monoisotopic (exact) mass is 1050 g/mol. The molecular formula is C74H76N4O. The van der Waals surface area contributed by atoms with E-state index in [-0.39, 0.29) is 99.5 Å². The highest BCUT2D eigenvalue weighted by Crippen LogP contribution is 2.53. The molecule has 5 heteroatoms. The predicted molar refractivity (Wildman–Crippen MR) is 335 cm³/mol. The summed E-state index contributed by atoms with van der Waals surface area (Å²) in [5.74, 6) is 0.581. The summed E-state index contributed by atoms with van der Waals surface area (Å²) in [7, 11) is 0. The van der Waals surface area contributed by atoms with Crippen LogP contribution >= 0.6 is 0 Å². The van der Waals surface area contributed by atoms with E-state index in [0.717, 1.165) is 12.8 Å². The summed E-state index contributed by atoms with van der Waals surface area (Å²) in [6.07, 6.45) is 1.20. The van der Waals surface area contributed by atoms with Crippen LogP contribution in [0.1, 0.15) is 146 Å². The lowest BCUT2D eigenvalue weighted by atomic mass is 9.63. The normalized spacial score (nSPS) is 18.0. The molecule has 0 amide bonds. The van der Waals surface area contributed by atoms with Gasteiger partial charge in [0.15, 0.2) is 0 Å². The Bertz CT molecular complexity index is 4870. The Balaban J connectivity index is 1.04. The Morgan fingerprint density at radius 1 is 0.595 bits per heavy atom. The van der Waals surface area contributed by atoms with Gasteiger partial charge in [0.05, 0.1) is 47.3 Å². The highest BCUT2D eigenvalue weighted by atomic mass is 16.5. The lowest BCUT2D eigenvalue weighted by molar-refractivity contribution is 0.332. The Morgan fingerprint density at radius 3 is 1.97 bits per heavy atom. The number of fused-ring (bicyclic) bond motifs is 5. The van der Waals surface area contributed by atoms with Gasteiger partial charge in [0, 0.05) is 48.7 Å². The third kappa shape index (κ3) is 9.60. The van der Waals surface area contributed by atoms with Crippen LogP contribution in [0.4, 0.5) is 22.7 Å². The number of benzene rings is 8. The van der Waals surface area contributed by atoms with Gasteiger partial charge in [0.2, 0.25) is 0 Å². The number of anilines is 4. The van der Waals surface area contributed by atoms with E-state index in [0.29, 0.717) is 78.5 Å². The zero-order valence-electron chi connectivity index (χ0n) is 63.2. The second kappa shape index (κ2) is 19.5. The van der Waals surface area contributed by atoms with E-state index in [9.17, 15) is 13.7 Å². The van der Waals surface area contributed by atoms with E-state index >= 15 is 0 Å². The molecule has 0 atom stereocenters. The number of hydrogen-bond acceptors (Lipinski definition) is 4. The highest BCUT2D eigenvalue weighted by Gasteiger charge is 2.38. The molecule has 0 radical (unpaired) electrons. The zero-order valence-corrected chi connectivity index (χ0v) is 47.2. The van der Waals surface area contributed by atoms with Crippen molar-refractivity contribution < 1.29 is 26.7 Å². The average Bonchev–Trinajstić information content (AvgIpc) is 0.949. The lowest BCUT2D eigenvalue weighted by Crippen LogP contribution is -2.33. The molecule has 0 unspecified atom stereocenters. The summed E-state index contributed by atoms with van der Waals surface area (Å²) in [6.45, 7) is 23.1. The molecule has 0 N–H and O–H groups in total. The van der Waals surface area contributed by atoms with Crippen LogP contribution < -0.4 is 14.5 Å². The maximum absolute atomic E-state index is 10.3. The number of hydrogen-bond donors (Lipinski definition) is 0. The van der Waals surface area contributed by atoms with E-state index in [1.165, 1.54) is 6.20 Å². The molecule has 0 saturated heterocycles. The van der Waals surface area contributed by atoms with Crippen molar-refractivity contribution in [1.29, 1.82) is 0 Å². The van der Waals surface area contributed by atoms with E-state index in [1.807, 2.05) is 93.8 Å². The van der Waals surface area contributed by atoms with Crippen LogP contribution in [0.5, 0.6) is 11.5 Å². The summed E-state index contributed by atoms with van der Waals surface area (Å²) in [4.78, 5) is 8.66. The number of pyridine rings is 1. The van der Waals surface area contributed by atoms with Crippen LogP contribution in [0.3, 0.4) is 0 Å². The Hall–Kier alpha value is -7.89. The Labute approximate surface area is 492 Å². The molecule has 1 aliphatic carbocycles. The maximum atomic E-state index is 10.3. The molecule has 79 heavy (non-hydrogen) atoms. The molecular weight excluding hydrogens is 961 g/mol. The molecule has 10 aromatic rings. The molecule has 5 nitrogen and oxygen atoms in total. The fourth-order valence-corrected chi connectivity index (χ4v) is 11.2.